The molecule has 0 radical (unpaired) electrons. The quantitative estimate of drug-likeness (QED) is 0.0556. The van der Waals surface area contributed by atoms with Gasteiger partial charge in [0.15, 0.2) is 0 Å². The van der Waals surface area contributed by atoms with E-state index < -0.39 is 11.8 Å². The molecule has 0 saturated heterocycles. The molecule has 0 fully saturated rings. The summed E-state index contributed by atoms with van der Waals surface area (Å²) in [6.07, 6.45) is 5.09. The highest BCUT2D eigenvalue weighted by Gasteiger charge is 2.22. The number of benzene rings is 3. The number of aryl methyl sites for hydroxylation is 1. The minimum Gasteiger partial charge on any atom is -0.494 e. The van der Waals surface area contributed by atoms with Crippen molar-refractivity contribution in [2.24, 2.45) is 0 Å². The lowest BCUT2D eigenvalue weighted by Gasteiger charge is -2.13. The maximum Gasteiger partial charge on any atom is 0.366 e. The van der Waals surface area contributed by atoms with Gasteiger partial charge in [-0.1, -0.05) is 24.8 Å². The molecular weight excluding hydrogens is 597 g/mol. The Balaban J connectivity index is 1.18. The molecule has 2 amide bonds. The Morgan fingerprint density at radius 1 is 0.800 bits per heavy atom. The second kappa shape index (κ2) is 16.4. The van der Waals surface area contributed by atoms with Crippen LogP contribution in [0.1, 0.15) is 41.6 Å². The fraction of sp³-hybridized carbons (Fsp3) is 0.257. The summed E-state index contributed by atoms with van der Waals surface area (Å²) in [6, 6.07) is 20.7. The lowest BCUT2D eigenvalue weighted by Crippen LogP contribution is -2.31. The van der Waals surface area contributed by atoms with E-state index in [4.69, 9.17) is 14.2 Å². The summed E-state index contributed by atoms with van der Waals surface area (Å²) in [5, 5.41) is -0.0776. The van der Waals surface area contributed by atoms with Gasteiger partial charge in [-0.25, -0.2) is 4.79 Å². The number of halogens is 1. The van der Waals surface area contributed by atoms with Gasteiger partial charge in [0, 0.05) is 29.2 Å². The van der Waals surface area contributed by atoms with Crippen molar-refractivity contribution in [1.82, 2.24) is 4.90 Å². The Kier molecular flexibility index (Phi) is 12.1. The predicted octanol–water partition coefficient (Wildman–Crippen LogP) is 6.86. The van der Waals surface area contributed by atoms with Gasteiger partial charge in [0.25, 0.3) is 11.8 Å². The number of amides is 2. The number of carbonyl (C=O) groups excluding carboxylic acids is 4. The van der Waals surface area contributed by atoms with E-state index in [9.17, 15) is 23.6 Å². The van der Waals surface area contributed by atoms with E-state index in [1.165, 1.54) is 17.1 Å². The second-order valence-electron chi connectivity index (χ2n) is 10.2. The molecule has 0 spiro atoms. The third kappa shape index (κ3) is 9.90. The SMILES string of the molecule is C=C(F)C(=O)OCCCCOc1ccc(-c2ccc(SC(=O)c3ccc(OCCCCN4C(=O)C=CC4=O)cc3)cc2)cc1C. The Morgan fingerprint density at radius 3 is 2.09 bits per heavy atom. The first-order chi connectivity index (χ1) is 21.7. The van der Waals surface area contributed by atoms with Gasteiger partial charge in [0.2, 0.25) is 10.9 Å². The normalized spacial score (nSPS) is 12.4. The molecule has 4 rings (SSSR count). The number of carbonyl (C=O) groups is 4. The summed E-state index contributed by atoms with van der Waals surface area (Å²) in [4.78, 5) is 49.1. The van der Waals surface area contributed by atoms with Crippen LogP contribution in [-0.4, -0.2) is 54.2 Å². The molecule has 3 aromatic carbocycles. The van der Waals surface area contributed by atoms with Gasteiger partial charge in [-0.3, -0.25) is 19.3 Å². The number of imide groups is 1. The minimum absolute atomic E-state index is 0.0776. The van der Waals surface area contributed by atoms with Crippen LogP contribution in [0.15, 0.2) is 96.2 Å². The van der Waals surface area contributed by atoms with E-state index in [1.54, 1.807) is 24.3 Å². The Labute approximate surface area is 265 Å². The summed E-state index contributed by atoms with van der Waals surface area (Å²) >= 11 is 1.15. The molecular formula is C35H34FNO7S. The largest absolute Gasteiger partial charge is 0.494 e. The second-order valence-corrected chi connectivity index (χ2v) is 11.3. The Morgan fingerprint density at radius 2 is 1.42 bits per heavy atom. The molecule has 45 heavy (non-hydrogen) atoms. The van der Waals surface area contributed by atoms with Crippen LogP contribution in [-0.2, 0) is 19.1 Å². The lowest BCUT2D eigenvalue weighted by atomic mass is 10.0. The molecule has 0 aliphatic carbocycles. The zero-order chi connectivity index (χ0) is 32.2. The average molecular weight is 632 g/mol. The van der Waals surface area contributed by atoms with Crippen LogP contribution in [0.25, 0.3) is 11.1 Å². The summed E-state index contributed by atoms with van der Waals surface area (Å²) in [7, 11) is 0. The summed E-state index contributed by atoms with van der Waals surface area (Å²) in [5.74, 6) is -1.29. The van der Waals surface area contributed by atoms with Crippen molar-refractivity contribution in [2.45, 2.75) is 37.5 Å². The molecule has 1 heterocycles. The molecule has 0 N–H and O–H groups in total. The zero-order valence-corrected chi connectivity index (χ0v) is 25.8. The lowest BCUT2D eigenvalue weighted by molar-refractivity contribution is -0.141. The van der Waals surface area contributed by atoms with Crippen LogP contribution >= 0.6 is 11.8 Å². The van der Waals surface area contributed by atoms with Crippen LogP contribution in [0.4, 0.5) is 4.39 Å². The van der Waals surface area contributed by atoms with Gasteiger partial charge in [-0.15, -0.1) is 0 Å². The predicted molar refractivity (Wildman–Crippen MR) is 170 cm³/mol. The molecule has 10 heteroatoms. The van der Waals surface area contributed by atoms with E-state index >= 15 is 0 Å². The fourth-order valence-electron chi connectivity index (χ4n) is 4.40. The average Bonchev–Trinajstić information content (AvgIpc) is 3.36. The first kappa shape index (κ1) is 33.2. The van der Waals surface area contributed by atoms with Gasteiger partial charge < -0.3 is 14.2 Å². The van der Waals surface area contributed by atoms with Gasteiger partial charge in [-0.05, 0) is 110 Å². The van der Waals surface area contributed by atoms with E-state index in [2.05, 4.69) is 6.58 Å². The third-order valence-electron chi connectivity index (χ3n) is 6.86. The van der Waals surface area contributed by atoms with Gasteiger partial charge in [0.05, 0.1) is 19.8 Å². The van der Waals surface area contributed by atoms with Crippen molar-refractivity contribution in [1.29, 1.82) is 0 Å². The smallest absolute Gasteiger partial charge is 0.366 e. The summed E-state index contributed by atoms with van der Waals surface area (Å²) < 4.78 is 28.9. The number of unbranched alkanes of at least 4 members (excludes halogenated alkanes) is 2. The molecule has 3 aromatic rings. The number of rotatable bonds is 16. The topological polar surface area (TPSA) is 99.2 Å². The molecule has 0 saturated carbocycles. The highest BCUT2D eigenvalue weighted by Crippen LogP contribution is 2.30. The maximum absolute atomic E-state index is 12.8. The number of hydrogen-bond acceptors (Lipinski definition) is 8. The molecule has 8 nitrogen and oxygen atoms in total. The first-order valence-corrected chi connectivity index (χ1v) is 15.4. The van der Waals surface area contributed by atoms with Crippen LogP contribution in [0.2, 0.25) is 0 Å². The van der Waals surface area contributed by atoms with E-state index in [0.29, 0.717) is 56.8 Å². The van der Waals surface area contributed by atoms with Crippen molar-refractivity contribution in [2.75, 3.05) is 26.4 Å². The molecule has 0 unspecified atom stereocenters. The highest BCUT2D eigenvalue weighted by atomic mass is 32.2. The van der Waals surface area contributed by atoms with Crippen LogP contribution in [0.3, 0.4) is 0 Å². The van der Waals surface area contributed by atoms with Crippen LogP contribution in [0.5, 0.6) is 11.5 Å². The van der Waals surface area contributed by atoms with Crippen molar-refractivity contribution in [3.05, 3.63) is 102 Å². The fourth-order valence-corrected chi connectivity index (χ4v) is 5.14. The van der Waals surface area contributed by atoms with E-state index in [1.807, 2.05) is 49.4 Å². The van der Waals surface area contributed by atoms with Gasteiger partial charge in [-0.2, -0.15) is 4.39 Å². The number of hydrogen-bond donors (Lipinski definition) is 0. The maximum atomic E-state index is 12.8. The summed E-state index contributed by atoms with van der Waals surface area (Å²) in [5.41, 5.74) is 3.57. The minimum atomic E-state index is -1.10. The third-order valence-corrected chi connectivity index (χ3v) is 7.79. The number of nitrogens with zero attached hydrogens (tertiary/aromatic N) is 1. The van der Waals surface area contributed by atoms with Crippen molar-refractivity contribution >= 4 is 34.7 Å². The molecule has 1 aliphatic heterocycles. The van der Waals surface area contributed by atoms with E-state index in [0.717, 1.165) is 39.1 Å². The molecule has 1 aliphatic rings. The Bertz CT molecular complexity index is 1550. The van der Waals surface area contributed by atoms with Crippen LogP contribution in [0, 0.1) is 6.92 Å². The van der Waals surface area contributed by atoms with Gasteiger partial charge in [0.1, 0.15) is 11.5 Å². The number of esters is 1. The first-order valence-electron chi connectivity index (χ1n) is 14.6. The Hall–Kier alpha value is -4.70. The molecule has 0 bridgehead atoms. The monoisotopic (exact) mass is 631 g/mol. The van der Waals surface area contributed by atoms with Gasteiger partial charge >= 0.3 is 5.97 Å². The van der Waals surface area contributed by atoms with Crippen molar-refractivity contribution < 1.29 is 37.8 Å². The number of thioether (sulfide) groups is 1. The highest BCUT2D eigenvalue weighted by molar-refractivity contribution is 8.14. The van der Waals surface area contributed by atoms with Crippen molar-refractivity contribution in [3.8, 4) is 22.6 Å². The van der Waals surface area contributed by atoms with Crippen molar-refractivity contribution in [3.63, 3.8) is 0 Å². The number of ether oxygens (including phenoxy) is 3. The molecule has 0 atom stereocenters. The summed E-state index contributed by atoms with van der Waals surface area (Å²) in [6.45, 7) is 6.22. The standard InChI is InChI=1S/C35H34FNO7S/c1-24-23-28(11-16-31(24)43-21-5-6-22-44-34(40)25(2)36)26-9-14-30(15-10-26)45-35(41)27-7-12-29(13-8-27)42-20-4-3-19-37-32(38)17-18-33(37)39/h7-18,23H,2-6,19-22H2,1H3. The molecule has 234 valence electrons. The molecule has 0 aromatic heterocycles. The van der Waals surface area contributed by atoms with Crippen LogP contribution < -0.4 is 9.47 Å². The van der Waals surface area contributed by atoms with E-state index in [-0.39, 0.29) is 23.5 Å². The zero-order valence-electron chi connectivity index (χ0n) is 25.0.